The van der Waals surface area contributed by atoms with E-state index < -0.39 is 17.7 Å². The maximum Gasteiger partial charge on any atom is 0.244 e. The standard InChI is InChI=1S/C13H11F2N5O/c14-8-1-7(2-9(15)3-8)12-19-13(21-20-12)11(16)4-10-5-17-6-18-10/h1-3,5-6,11H,4,16H2,(H,17,18)/t11-/m1/s1. The van der Waals surface area contributed by atoms with Crippen LogP contribution in [0.2, 0.25) is 0 Å². The van der Waals surface area contributed by atoms with E-state index in [0.717, 1.165) is 23.9 Å². The summed E-state index contributed by atoms with van der Waals surface area (Å²) in [7, 11) is 0. The van der Waals surface area contributed by atoms with Crippen LogP contribution in [-0.4, -0.2) is 20.1 Å². The molecule has 21 heavy (non-hydrogen) atoms. The molecule has 0 unspecified atom stereocenters. The number of benzene rings is 1. The molecule has 0 spiro atoms. The van der Waals surface area contributed by atoms with Crippen LogP contribution in [0.3, 0.4) is 0 Å². The molecule has 0 radical (unpaired) electrons. The molecule has 2 heterocycles. The van der Waals surface area contributed by atoms with Crippen molar-refractivity contribution in [1.29, 1.82) is 0 Å². The van der Waals surface area contributed by atoms with Gasteiger partial charge >= 0.3 is 0 Å². The lowest BCUT2D eigenvalue weighted by molar-refractivity contribution is 0.354. The lowest BCUT2D eigenvalue weighted by atomic mass is 10.2. The van der Waals surface area contributed by atoms with Crippen LogP contribution in [0.1, 0.15) is 17.6 Å². The van der Waals surface area contributed by atoms with Crippen molar-refractivity contribution in [1.82, 2.24) is 20.1 Å². The number of H-pyrrole nitrogens is 1. The Hall–Kier alpha value is -2.61. The van der Waals surface area contributed by atoms with Gasteiger partial charge < -0.3 is 15.2 Å². The highest BCUT2D eigenvalue weighted by atomic mass is 19.1. The van der Waals surface area contributed by atoms with Gasteiger partial charge in [0.1, 0.15) is 11.6 Å². The van der Waals surface area contributed by atoms with Gasteiger partial charge in [-0.1, -0.05) is 5.16 Å². The van der Waals surface area contributed by atoms with Crippen LogP contribution in [0.15, 0.2) is 35.2 Å². The zero-order chi connectivity index (χ0) is 14.8. The average molecular weight is 291 g/mol. The maximum atomic E-state index is 13.2. The Balaban J connectivity index is 1.82. The Morgan fingerprint density at radius 3 is 2.67 bits per heavy atom. The van der Waals surface area contributed by atoms with Gasteiger partial charge in [0.25, 0.3) is 0 Å². The number of aromatic amines is 1. The lowest BCUT2D eigenvalue weighted by Crippen LogP contribution is -2.14. The number of nitrogens with zero attached hydrogens (tertiary/aromatic N) is 3. The summed E-state index contributed by atoms with van der Waals surface area (Å²) in [4.78, 5) is 10.9. The van der Waals surface area contributed by atoms with Crippen molar-refractivity contribution in [2.75, 3.05) is 0 Å². The molecule has 0 amide bonds. The number of hydrogen-bond donors (Lipinski definition) is 2. The summed E-state index contributed by atoms with van der Waals surface area (Å²) in [6, 6.07) is 2.48. The van der Waals surface area contributed by atoms with E-state index >= 15 is 0 Å². The minimum atomic E-state index is -0.710. The fraction of sp³-hybridized carbons (Fsp3) is 0.154. The quantitative estimate of drug-likeness (QED) is 0.766. The zero-order valence-electron chi connectivity index (χ0n) is 10.8. The van der Waals surface area contributed by atoms with E-state index in [0.29, 0.717) is 6.42 Å². The Labute approximate surface area is 118 Å². The molecule has 1 atom stereocenters. The Morgan fingerprint density at radius 1 is 1.24 bits per heavy atom. The summed E-state index contributed by atoms with van der Waals surface area (Å²) < 4.78 is 31.4. The Morgan fingerprint density at radius 2 is 2.00 bits per heavy atom. The molecule has 2 aromatic heterocycles. The van der Waals surface area contributed by atoms with E-state index in [1.165, 1.54) is 6.33 Å². The molecule has 1 aromatic carbocycles. The van der Waals surface area contributed by atoms with Crippen molar-refractivity contribution in [3.8, 4) is 11.4 Å². The third-order valence-electron chi connectivity index (χ3n) is 2.87. The van der Waals surface area contributed by atoms with Crippen molar-refractivity contribution in [2.24, 2.45) is 5.73 Å². The molecule has 0 saturated carbocycles. The number of imidazole rings is 1. The molecular formula is C13H11F2N5O. The highest BCUT2D eigenvalue weighted by molar-refractivity contribution is 5.54. The fourth-order valence-electron chi connectivity index (χ4n) is 1.91. The number of nitrogens with one attached hydrogen (secondary N) is 1. The second-order valence-electron chi connectivity index (χ2n) is 4.50. The van der Waals surface area contributed by atoms with Gasteiger partial charge in [-0.05, 0) is 12.1 Å². The molecule has 8 heteroatoms. The second-order valence-corrected chi connectivity index (χ2v) is 4.50. The van der Waals surface area contributed by atoms with Crippen LogP contribution in [0.4, 0.5) is 8.78 Å². The summed E-state index contributed by atoms with van der Waals surface area (Å²) in [5, 5.41) is 3.69. The Bertz CT molecular complexity index is 721. The zero-order valence-corrected chi connectivity index (χ0v) is 10.8. The molecule has 6 nitrogen and oxygen atoms in total. The SMILES string of the molecule is N[C@H](Cc1cnc[nH]1)c1nc(-c2cc(F)cc(F)c2)no1. The van der Waals surface area contributed by atoms with Crippen LogP contribution < -0.4 is 5.73 Å². The van der Waals surface area contributed by atoms with Crippen LogP contribution in [0.25, 0.3) is 11.4 Å². The highest BCUT2D eigenvalue weighted by Gasteiger charge is 2.17. The monoisotopic (exact) mass is 291 g/mol. The van der Waals surface area contributed by atoms with Crippen molar-refractivity contribution in [3.05, 3.63) is 53.9 Å². The van der Waals surface area contributed by atoms with Crippen LogP contribution >= 0.6 is 0 Å². The number of rotatable bonds is 4. The van der Waals surface area contributed by atoms with Gasteiger partial charge in [-0.2, -0.15) is 4.98 Å². The first-order valence-electron chi connectivity index (χ1n) is 6.15. The molecule has 108 valence electrons. The number of hydrogen-bond acceptors (Lipinski definition) is 5. The largest absolute Gasteiger partial charge is 0.348 e. The molecule has 0 saturated heterocycles. The predicted octanol–water partition coefficient (Wildman–Crippen LogP) is 1.98. The topological polar surface area (TPSA) is 93.6 Å². The van der Waals surface area contributed by atoms with E-state index in [4.69, 9.17) is 10.3 Å². The van der Waals surface area contributed by atoms with E-state index in [-0.39, 0.29) is 17.3 Å². The van der Waals surface area contributed by atoms with E-state index in [2.05, 4.69) is 20.1 Å². The van der Waals surface area contributed by atoms with E-state index in [9.17, 15) is 8.78 Å². The summed E-state index contributed by atoms with van der Waals surface area (Å²) in [5.74, 6) is -1.15. The normalized spacial score (nSPS) is 12.5. The molecule has 0 aliphatic rings. The third kappa shape index (κ3) is 2.95. The van der Waals surface area contributed by atoms with Gasteiger partial charge in [-0.3, -0.25) is 0 Å². The molecule has 3 aromatic rings. The summed E-state index contributed by atoms with van der Waals surface area (Å²) in [5.41, 5.74) is 6.95. The number of halogens is 2. The van der Waals surface area contributed by atoms with Gasteiger partial charge in [0.15, 0.2) is 0 Å². The molecule has 0 aliphatic heterocycles. The Kier molecular flexibility index (Phi) is 3.44. The predicted molar refractivity (Wildman–Crippen MR) is 68.9 cm³/mol. The van der Waals surface area contributed by atoms with E-state index in [1.807, 2.05) is 0 Å². The highest BCUT2D eigenvalue weighted by Crippen LogP contribution is 2.21. The fourth-order valence-corrected chi connectivity index (χ4v) is 1.91. The summed E-state index contributed by atoms with van der Waals surface area (Å²) in [6.07, 6.45) is 3.61. The van der Waals surface area contributed by atoms with Crippen molar-refractivity contribution in [2.45, 2.75) is 12.5 Å². The van der Waals surface area contributed by atoms with Gasteiger partial charge in [0, 0.05) is 29.9 Å². The van der Waals surface area contributed by atoms with Gasteiger partial charge in [0.05, 0.1) is 12.4 Å². The molecule has 3 rings (SSSR count). The number of aromatic nitrogens is 4. The van der Waals surface area contributed by atoms with Crippen molar-refractivity contribution < 1.29 is 13.3 Å². The van der Waals surface area contributed by atoms with Crippen molar-refractivity contribution in [3.63, 3.8) is 0 Å². The van der Waals surface area contributed by atoms with Gasteiger partial charge in [0.2, 0.25) is 11.7 Å². The second kappa shape index (κ2) is 5.41. The summed E-state index contributed by atoms with van der Waals surface area (Å²) in [6.45, 7) is 0. The van der Waals surface area contributed by atoms with Crippen LogP contribution in [0, 0.1) is 11.6 Å². The van der Waals surface area contributed by atoms with Crippen LogP contribution in [-0.2, 0) is 6.42 Å². The van der Waals surface area contributed by atoms with Gasteiger partial charge in [-0.15, -0.1) is 0 Å². The number of nitrogens with two attached hydrogens (primary N) is 1. The molecule has 0 fully saturated rings. The van der Waals surface area contributed by atoms with Crippen molar-refractivity contribution >= 4 is 0 Å². The average Bonchev–Trinajstić information content (AvgIpc) is 3.08. The lowest BCUT2D eigenvalue weighted by Gasteiger charge is -2.03. The first-order chi connectivity index (χ1) is 10.1. The first kappa shape index (κ1) is 13.4. The molecular weight excluding hydrogens is 280 g/mol. The third-order valence-corrected chi connectivity index (χ3v) is 2.87. The minimum absolute atomic E-state index is 0.0865. The van der Waals surface area contributed by atoms with Crippen LogP contribution in [0.5, 0.6) is 0 Å². The maximum absolute atomic E-state index is 13.2. The first-order valence-corrected chi connectivity index (χ1v) is 6.15. The summed E-state index contributed by atoms with van der Waals surface area (Å²) >= 11 is 0. The molecule has 0 bridgehead atoms. The molecule has 3 N–H and O–H groups in total. The molecule has 0 aliphatic carbocycles. The van der Waals surface area contributed by atoms with E-state index in [1.54, 1.807) is 6.20 Å². The smallest absolute Gasteiger partial charge is 0.244 e. The van der Waals surface area contributed by atoms with Gasteiger partial charge in [-0.25, -0.2) is 13.8 Å². The minimum Gasteiger partial charge on any atom is -0.348 e.